The monoisotopic (exact) mass is 433 g/mol. The van der Waals surface area contributed by atoms with Gasteiger partial charge in [-0.15, -0.1) is 0 Å². The maximum absolute atomic E-state index is 14.0. The third-order valence-electron chi connectivity index (χ3n) is 5.06. The predicted molar refractivity (Wildman–Crippen MR) is 105 cm³/mol. The second-order valence-electron chi connectivity index (χ2n) is 7.17. The van der Waals surface area contributed by atoms with E-state index in [2.05, 4.69) is 20.3 Å². The smallest absolute Gasteiger partial charge is 0.357 e. The van der Waals surface area contributed by atoms with E-state index in [1.54, 1.807) is 12.3 Å². The Bertz CT molecular complexity index is 1070. The fraction of sp³-hybridized carbons (Fsp3) is 0.286. The minimum Gasteiger partial charge on any atom is -0.357 e. The summed E-state index contributed by atoms with van der Waals surface area (Å²) >= 11 is 0. The molecule has 2 aromatic heterocycles. The van der Waals surface area contributed by atoms with Crippen molar-refractivity contribution in [3.8, 4) is 5.69 Å². The first-order valence-electron chi connectivity index (χ1n) is 9.73. The number of rotatable bonds is 5. The van der Waals surface area contributed by atoms with Crippen LogP contribution in [0.1, 0.15) is 34.5 Å². The van der Waals surface area contributed by atoms with Crippen molar-refractivity contribution in [3.05, 3.63) is 71.4 Å². The zero-order chi connectivity index (χ0) is 22.0. The third kappa shape index (κ3) is 4.37. The average molecular weight is 433 g/mol. The summed E-state index contributed by atoms with van der Waals surface area (Å²) < 4.78 is 55.5. The highest BCUT2D eigenvalue weighted by atomic mass is 19.4. The van der Waals surface area contributed by atoms with Gasteiger partial charge < -0.3 is 10.2 Å². The van der Waals surface area contributed by atoms with Gasteiger partial charge in [0.25, 0.3) is 5.91 Å². The number of nitrogens with zero attached hydrogens (tertiary/aromatic N) is 4. The molecule has 3 heterocycles. The molecule has 1 fully saturated rings. The molecule has 1 N–H and O–H groups in total. The Hall–Kier alpha value is -3.43. The van der Waals surface area contributed by atoms with Crippen LogP contribution in [0.4, 0.5) is 23.4 Å². The molecule has 0 bridgehead atoms. The lowest BCUT2D eigenvalue weighted by Crippen LogP contribution is -2.26. The Labute approximate surface area is 175 Å². The number of pyridine rings is 1. The molecule has 1 amide bonds. The maximum atomic E-state index is 14.0. The summed E-state index contributed by atoms with van der Waals surface area (Å²) in [6, 6.07) is 8.52. The van der Waals surface area contributed by atoms with Gasteiger partial charge in [-0.2, -0.15) is 18.3 Å². The minimum atomic E-state index is -4.91. The molecule has 1 aromatic carbocycles. The van der Waals surface area contributed by atoms with E-state index in [1.165, 1.54) is 12.1 Å². The lowest BCUT2D eigenvalue weighted by molar-refractivity contribution is -0.143. The van der Waals surface area contributed by atoms with E-state index in [-0.39, 0.29) is 6.54 Å². The van der Waals surface area contributed by atoms with Crippen molar-refractivity contribution in [2.75, 3.05) is 18.0 Å². The standard InChI is InChI=1S/C21H19F4N5O/c22-16-5-1-2-6-17(16)30-19(21(23,24)25)15(13-28-30)20(31)27-12-14-7-8-18(26-11-14)29-9-3-4-10-29/h1-2,5-8,11,13H,3-4,9-10,12H2,(H,27,31). The SMILES string of the molecule is O=C(NCc1ccc(N2CCCC2)nc1)c1cnn(-c2ccccc2F)c1C(F)(F)F. The molecule has 162 valence electrons. The van der Waals surface area contributed by atoms with E-state index >= 15 is 0 Å². The molecule has 6 nitrogen and oxygen atoms in total. The second-order valence-corrected chi connectivity index (χ2v) is 7.17. The van der Waals surface area contributed by atoms with E-state index < -0.39 is 34.8 Å². The summed E-state index contributed by atoms with van der Waals surface area (Å²) in [4.78, 5) is 19.0. The molecule has 1 saturated heterocycles. The molecular formula is C21H19F4N5O. The molecule has 4 rings (SSSR count). The molecule has 3 aromatic rings. The highest BCUT2D eigenvalue weighted by molar-refractivity contribution is 5.95. The Morgan fingerprint density at radius 3 is 2.45 bits per heavy atom. The first-order chi connectivity index (χ1) is 14.8. The molecule has 10 heteroatoms. The number of alkyl halides is 3. The fourth-order valence-corrected chi connectivity index (χ4v) is 3.53. The summed E-state index contributed by atoms with van der Waals surface area (Å²) in [5.74, 6) is -1.01. The van der Waals surface area contributed by atoms with Crippen LogP contribution in [-0.4, -0.2) is 33.8 Å². The van der Waals surface area contributed by atoms with Gasteiger partial charge in [-0.05, 0) is 36.6 Å². The van der Waals surface area contributed by atoms with Gasteiger partial charge in [0.1, 0.15) is 17.3 Å². The van der Waals surface area contributed by atoms with Crippen LogP contribution >= 0.6 is 0 Å². The van der Waals surface area contributed by atoms with Gasteiger partial charge in [-0.1, -0.05) is 18.2 Å². The summed E-state index contributed by atoms with van der Waals surface area (Å²) in [7, 11) is 0. The number of nitrogens with one attached hydrogen (secondary N) is 1. The maximum Gasteiger partial charge on any atom is 0.434 e. The molecule has 0 saturated carbocycles. The van der Waals surface area contributed by atoms with Gasteiger partial charge >= 0.3 is 6.18 Å². The van der Waals surface area contributed by atoms with Crippen LogP contribution in [0.3, 0.4) is 0 Å². The largest absolute Gasteiger partial charge is 0.434 e. The number of anilines is 1. The molecular weight excluding hydrogens is 414 g/mol. The van der Waals surface area contributed by atoms with Gasteiger partial charge in [0.15, 0.2) is 5.69 Å². The van der Waals surface area contributed by atoms with Crippen molar-refractivity contribution in [2.45, 2.75) is 25.6 Å². The number of carbonyl (C=O) groups is 1. The third-order valence-corrected chi connectivity index (χ3v) is 5.06. The molecule has 31 heavy (non-hydrogen) atoms. The van der Waals surface area contributed by atoms with Crippen LogP contribution in [0.5, 0.6) is 0 Å². The molecule has 0 spiro atoms. The number of hydrogen-bond acceptors (Lipinski definition) is 4. The minimum absolute atomic E-state index is 0.00567. The first-order valence-corrected chi connectivity index (χ1v) is 9.73. The van der Waals surface area contributed by atoms with Crippen molar-refractivity contribution in [1.29, 1.82) is 0 Å². The van der Waals surface area contributed by atoms with Crippen LogP contribution in [0.25, 0.3) is 5.69 Å². The summed E-state index contributed by atoms with van der Waals surface area (Å²) in [6.45, 7) is 1.87. The van der Waals surface area contributed by atoms with Crippen molar-refractivity contribution in [2.24, 2.45) is 0 Å². The summed E-state index contributed by atoms with van der Waals surface area (Å²) in [5.41, 5.74) is -1.77. The lowest BCUT2D eigenvalue weighted by Gasteiger charge is -2.16. The first kappa shape index (κ1) is 20.8. The molecule has 0 radical (unpaired) electrons. The topological polar surface area (TPSA) is 63.1 Å². The molecule has 1 aliphatic rings. The van der Waals surface area contributed by atoms with E-state index in [0.29, 0.717) is 10.2 Å². The zero-order valence-electron chi connectivity index (χ0n) is 16.4. The van der Waals surface area contributed by atoms with Gasteiger partial charge in [-0.3, -0.25) is 4.79 Å². The highest BCUT2D eigenvalue weighted by Crippen LogP contribution is 2.34. The summed E-state index contributed by atoms with van der Waals surface area (Å²) in [5, 5.41) is 6.08. The molecule has 0 aliphatic carbocycles. The number of amides is 1. The molecule has 1 aliphatic heterocycles. The van der Waals surface area contributed by atoms with Crippen molar-refractivity contribution in [3.63, 3.8) is 0 Å². The molecule has 0 unspecified atom stereocenters. The molecule has 0 atom stereocenters. The van der Waals surface area contributed by atoms with Crippen LogP contribution in [-0.2, 0) is 12.7 Å². The van der Waals surface area contributed by atoms with E-state index in [4.69, 9.17) is 0 Å². The van der Waals surface area contributed by atoms with E-state index in [0.717, 1.165) is 50.1 Å². The number of para-hydroxylation sites is 1. The van der Waals surface area contributed by atoms with Crippen molar-refractivity contribution in [1.82, 2.24) is 20.1 Å². The normalized spacial score (nSPS) is 14.1. The van der Waals surface area contributed by atoms with Crippen LogP contribution in [0, 0.1) is 5.82 Å². The average Bonchev–Trinajstić information content (AvgIpc) is 3.43. The van der Waals surface area contributed by atoms with Gasteiger partial charge in [-0.25, -0.2) is 14.1 Å². The van der Waals surface area contributed by atoms with Crippen LogP contribution < -0.4 is 10.2 Å². The van der Waals surface area contributed by atoms with E-state index in [9.17, 15) is 22.4 Å². The Morgan fingerprint density at radius 2 is 1.81 bits per heavy atom. The highest BCUT2D eigenvalue weighted by Gasteiger charge is 2.41. The number of hydrogen-bond donors (Lipinski definition) is 1. The number of aromatic nitrogens is 3. The van der Waals surface area contributed by atoms with Gasteiger partial charge in [0.05, 0.1) is 11.8 Å². The lowest BCUT2D eigenvalue weighted by atomic mass is 10.2. The zero-order valence-corrected chi connectivity index (χ0v) is 16.4. The Kier molecular flexibility index (Phi) is 5.62. The second kappa shape index (κ2) is 8.37. The predicted octanol–water partition coefficient (Wildman–Crippen LogP) is 3.96. The quantitative estimate of drug-likeness (QED) is 0.619. The summed E-state index contributed by atoms with van der Waals surface area (Å²) in [6.07, 6.45) is -0.311. The number of halogens is 4. The van der Waals surface area contributed by atoms with Crippen molar-refractivity contribution < 1.29 is 22.4 Å². The van der Waals surface area contributed by atoms with Gasteiger partial charge in [0.2, 0.25) is 0 Å². The Morgan fingerprint density at radius 1 is 1.06 bits per heavy atom. The van der Waals surface area contributed by atoms with Gasteiger partial charge in [0, 0.05) is 25.8 Å². The number of benzene rings is 1. The van der Waals surface area contributed by atoms with Crippen molar-refractivity contribution >= 4 is 11.7 Å². The number of carbonyl (C=O) groups excluding carboxylic acids is 1. The Balaban J connectivity index is 1.53. The van der Waals surface area contributed by atoms with E-state index in [1.807, 2.05) is 6.07 Å². The van der Waals surface area contributed by atoms with Crippen LogP contribution in [0.15, 0.2) is 48.8 Å². The fourth-order valence-electron chi connectivity index (χ4n) is 3.53. The van der Waals surface area contributed by atoms with Crippen LogP contribution in [0.2, 0.25) is 0 Å².